The van der Waals surface area contributed by atoms with Crippen LogP contribution in [0.25, 0.3) is 0 Å². The Kier molecular flexibility index (Phi) is 4.39. The maximum Gasteiger partial charge on any atom is 0.247 e. The molecule has 2 aromatic heterocycles. The van der Waals surface area contributed by atoms with E-state index in [9.17, 15) is 4.79 Å². The standard InChI is InChI=1S/C18H20N6O2/c1-14(23-9-5-8-19-23)18(25)22-11-16(12-22)24-10-15(20-21-24)13-26-17-6-3-2-4-7-17/h2-10,14,16H,11-13H2,1H3. The van der Waals surface area contributed by atoms with E-state index in [2.05, 4.69) is 15.4 Å². The largest absolute Gasteiger partial charge is 0.487 e. The molecule has 0 bridgehead atoms. The Labute approximate surface area is 151 Å². The summed E-state index contributed by atoms with van der Waals surface area (Å²) in [6.45, 7) is 3.49. The van der Waals surface area contributed by atoms with Crippen molar-refractivity contribution >= 4 is 5.91 Å². The molecule has 3 heterocycles. The molecule has 1 amide bonds. The smallest absolute Gasteiger partial charge is 0.247 e. The minimum absolute atomic E-state index is 0.0673. The normalized spacial score (nSPS) is 15.5. The Bertz CT molecular complexity index is 855. The molecule has 0 spiro atoms. The molecular formula is C18H20N6O2. The third-order valence-corrected chi connectivity index (χ3v) is 4.51. The number of likely N-dealkylation sites (tertiary alicyclic amines) is 1. The second kappa shape index (κ2) is 6.99. The molecule has 8 nitrogen and oxygen atoms in total. The number of ether oxygens (including phenoxy) is 1. The van der Waals surface area contributed by atoms with Crippen molar-refractivity contribution < 1.29 is 9.53 Å². The Balaban J connectivity index is 1.29. The summed E-state index contributed by atoms with van der Waals surface area (Å²) in [7, 11) is 0. The van der Waals surface area contributed by atoms with Gasteiger partial charge in [-0.2, -0.15) is 5.10 Å². The number of rotatable bonds is 6. The molecule has 1 fully saturated rings. The van der Waals surface area contributed by atoms with E-state index in [1.165, 1.54) is 0 Å². The maximum atomic E-state index is 12.5. The van der Waals surface area contributed by atoms with Crippen molar-refractivity contribution in [3.63, 3.8) is 0 Å². The Morgan fingerprint density at radius 1 is 1.27 bits per heavy atom. The van der Waals surface area contributed by atoms with Crippen LogP contribution in [-0.2, 0) is 11.4 Å². The van der Waals surface area contributed by atoms with Crippen LogP contribution in [-0.4, -0.2) is 48.7 Å². The van der Waals surface area contributed by atoms with Gasteiger partial charge < -0.3 is 9.64 Å². The van der Waals surface area contributed by atoms with Gasteiger partial charge in [0, 0.05) is 25.5 Å². The number of hydrogen-bond donors (Lipinski definition) is 0. The molecule has 3 aromatic rings. The number of amides is 1. The summed E-state index contributed by atoms with van der Waals surface area (Å²) >= 11 is 0. The van der Waals surface area contributed by atoms with Gasteiger partial charge in [-0.15, -0.1) is 5.10 Å². The van der Waals surface area contributed by atoms with Gasteiger partial charge in [-0.25, -0.2) is 4.68 Å². The highest BCUT2D eigenvalue weighted by Gasteiger charge is 2.35. The highest BCUT2D eigenvalue weighted by Crippen LogP contribution is 2.23. The molecule has 0 N–H and O–H groups in total. The first kappa shape index (κ1) is 16.3. The molecule has 1 aliphatic heterocycles. The molecule has 4 rings (SSSR count). The van der Waals surface area contributed by atoms with Gasteiger partial charge in [-0.05, 0) is 25.1 Å². The maximum absolute atomic E-state index is 12.5. The molecule has 0 saturated carbocycles. The second-order valence-electron chi connectivity index (χ2n) is 6.35. The predicted molar refractivity (Wildman–Crippen MR) is 93.4 cm³/mol. The summed E-state index contributed by atoms with van der Waals surface area (Å²) in [5.74, 6) is 0.868. The number of benzene rings is 1. The first-order valence-electron chi connectivity index (χ1n) is 8.57. The van der Waals surface area contributed by atoms with Crippen molar-refractivity contribution in [3.05, 3.63) is 60.7 Å². The molecular weight excluding hydrogens is 332 g/mol. The number of para-hydroxylation sites is 1. The lowest BCUT2D eigenvalue weighted by atomic mass is 10.1. The van der Waals surface area contributed by atoms with Gasteiger partial charge in [0.25, 0.3) is 0 Å². The van der Waals surface area contributed by atoms with E-state index in [-0.39, 0.29) is 18.0 Å². The van der Waals surface area contributed by atoms with Crippen molar-refractivity contribution in [1.82, 2.24) is 29.7 Å². The topological polar surface area (TPSA) is 78.1 Å². The summed E-state index contributed by atoms with van der Waals surface area (Å²) < 4.78 is 9.16. The predicted octanol–water partition coefficient (Wildman–Crippen LogP) is 1.70. The zero-order valence-corrected chi connectivity index (χ0v) is 14.5. The fraction of sp³-hybridized carbons (Fsp3) is 0.333. The van der Waals surface area contributed by atoms with Gasteiger partial charge in [-0.1, -0.05) is 23.4 Å². The first-order chi connectivity index (χ1) is 12.7. The van der Waals surface area contributed by atoms with Crippen molar-refractivity contribution in [1.29, 1.82) is 0 Å². The van der Waals surface area contributed by atoms with E-state index in [4.69, 9.17) is 4.74 Å². The molecule has 1 saturated heterocycles. The fourth-order valence-corrected chi connectivity index (χ4v) is 2.92. The number of hydrogen-bond acceptors (Lipinski definition) is 5. The lowest BCUT2D eigenvalue weighted by molar-refractivity contribution is -0.140. The highest BCUT2D eigenvalue weighted by molar-refractivity contribution is 5.80. The molecule has 1 unspecified atom stereocenters. The van der Waals surface area contributed by atoms with Gasteiger partial charge >= 0.3 is 0 Å². The average Bonchev–Trinajstić information content (AvgIpc) is 3.31. The van der Waals surface area contributed by atoms with E-state index in [1.807, 2.05) is 59.1 Å². The lowest BCUT2D eigenvalue weighted by Crippen LogP contribution is -2.52. The molecule has 1 aromatic carbocycles. The van der Waals surface area contributed by atoms with Gasteiger partial charge in [0.2, 0.25) is 5.91 Å². The molecule has 26 heavy (non-hydrogen) atoms. The third-order valence-electron chi connectivity index (χ3n) is 4.51. The Morgan fingerprint density at radius 2 is 2.08 bits per heavy atom. The van der Waals surface area contributed by atoms with Gasteiger partial charge in [0.05, 0.1) is 12.2 Å². The van der Waals surface area contributed by atoms with Crippen molar-refractivity contribution in [2.24, 2.45) is 0 Å². The van der Waals surface area contributed by atoms with Crippen molar-refractivity contribution in [2.75, 3.05) is 13.1 Å². The van der Waals surface area contributed by atoms with Crippen LogP contribution in [0.4, 0.5) is 0 Å². The van der Waals surface area contributed by atoms with Crippen LogP contribution in [0.2, 0.25) is 0 Å². The monoisotopic (exact) mass is 352 g/mol. The van der Waals surface area contributed by atoms with Crippen molar-refractivity contribution in [3.8, 4) is 5.75 Å². The summed E-state index contributed by atoms with van der Waals surface area (Å²) in [6.07, 6.45) is 5.36. The molecule has 1 atom stereocenters. The van der Waals surface area contributed by atoms with Crippen LogP contribution in [0.5, 0.6) is 5.75 Å². The SMILES string of the molecule is CC(C(=O)N1CC(n2cc(COc3ccccc3)nn2)C1)n1cccn1. The minimum Gasteiger partial charge on any atom is -0.487 e. The number of carbonyl (C=O) groups excluding carboxylic acids is 1. The van der Waals surface area contributed by atoms with Gasteiger partial charge in [0.15, 0.2) is 0 Å². The van der Waals surface area contributed by atoms with Crippen LogP contribution in [0.1, 0.15) is 24.7 Å². The molecule has 0 aliphatic carbocycles. The van der Waals surface area contributed by atoms with E-state index in [0.29, 0.717) is 19.7 Å². The summed E-state index contributed by atoms with van der Waals surface area (Å²) in [5.41, 5.74) is 0.767. The molecule has 0 radical (unpaired) electrons. The van der Waals surface area contributed by atoms with E-state index in [0.717, 1.165) is 11.4 Å². The molecule has 8 heteroatoms. The lowest BCUT2D eigenvalue weighted by Gasteiger charge is -2.40. The van der Waals surface area contributed by atoms with Gasteiger partial charge in [-0.3, -0.25) is 9.48 Å². The van der Waals surface area contributed by atoms with Crippen molar-refractivity contribution in [2.45, 2.75) is 25.6 Å². The summed E-state index contributed by atoms with van der Waals surface area (Å²) in [5, 5.41) is 12.5. The van der Waals surface area contributed by atoms with Crippen LogP contribution >= 0.6 is 0 Å². The average molecular weight is 352 g/mol. The summed E-state index contributed by atoms with van der Waals surface area (Å²) in [6, 6.07) is 11.3. The fourth-order valence-electron chi connectivity index (χ4n) is 2.92. The number of aromatic nitrogens is 5. The zero-order chi connectivity index (χ0) is 17.9. The van der Waals surface area contributed by atoms with E-state index >= 15 is 0 Å². The number of nitrogens with zero attached hydrogens (tertiary/aromatic N) is 6. The van der Waals surface area contributed by atoms with Crippen LogP contribution in [0.3, 0.4) is 0 Å². The molecule has 1 aliphatic rings. The number of carbonyl (C=O) groups is 1. The van der Waals surface area contributed by atoms with Crippen LogP contribution in [0, 0.1) is 0 Å². The third kappa shape index (κ3) is 3.30. The van der Waals surface area contributed by atoms with Gasteiger partial charge in [0.1, 0.15) is 24.1 Å². The Morgan fingerprint density at radius 3 is 2.81 bits per heavy atom. The first-order valence-corrected chi connectivity index (χ1v) is 8.57. The second-order valence-corrected chi connectivity index (χ2v) is 6.35. The quantitative estimate of drug-likeness (QED) is 0.675. The zero-order valence-electron chi connectivity index (χ0n) is 14.5. The van der Waals surface area contributed by atoms with Crippen LogP contribution < -0.4 is 4.74 Å². The Hall–Kier alpha value is -3.16. The van der Waals surface area contributed by atoms with Crippen LogP contribution in [0.15, 0.2) is 55.0 Å². The minimum atomic E-state index is -0.295. The summed E-state index contributed by atoms with van der Waals surface area (Å²) in [4.78, 5) is 14.3. The van der Waals surface area contributed by atoms with E-state index < -0.39 is 0 Å². The highest BCUT2D eigenvalue weighted by atomic mass is 16.5. The van der Waals surface area contributed by atoms with E-state index in [1.54, 1.807) is 17.1 Å². The molecule has 134 valence electrons.